The molecule has 1 aliphatic rings. The van der Waals surface area contributed by atoms with Crippen molar-refractivity contribution in [3.8, 4) is 0 Å². The van der Waals surface area contributed by atoms with Crippen LogP contribution < -0.4 is 0 Å². The molecule has 0 bridgehead atoms. The number of aliphatic hydroxyl groups excluding tert-OH is 2. The molecule has 2 N–H and O–H groups in total. The van der Waals surface area contributed by atoms with E-state index in [4.69, 9.17) is 10.2 Å². The van der Waals surface area contributed by atoms with Gasteiger partial charge in [0, 0.05) is 13.2 Å². The molecule has 0 aromatic rings. The third-order valence-corrected chi connectivity index (χ3v) is 4.38. The minimum Gasteiger partial charge on any atom is -0.396 e. The Kier molecular flexibility index (Phi) is 6.37. The maximum absolute atomic E-state index is 9.10. The maximum Gasteiger partial charge on any atom is 0.0459 e. The summed E-state index contributed by atoms with van der Waals surface area (Å²) >= 11 is 0. The van der Waals surface area contributed by atoms with Crippen molar-refractivity contribution in [1.82, 2.24) is 0 Å². The van der Waals surface area contributed by atoms with Crippen LogP contribution in [0, 0.1) is 23.7 Å². The minimum atomic E-state index is 0.323. The van der Waals surface area contributed by atoms with E-state index in [0.717, 1.165) is 18.3 Å². The van der Waals surface area contributed by atoms with E-state index in [1.54, 1.807) is 0 Å². The van der Waals surface area contributed by atoms with Crippen molar-refractivity contribution in [2.24, 2.45) is 23.7 Å². The van der Waals surface area contributed by atoms with Gasteiger partial charge in [-0.2, -0.15) is 0 Å². The maximum atomic E-state index is 9.10. The quantitative estimate of drug-likeness (QED) is 0.734. The Balaban J connectivity index is 2.20. The molecular weight excluding hydrogens is 200 g/mol. The highest BCUT2D eigenvalue weighted by Crippen LogP contribution is 2.35. The molecule has 0 heterocycles. The van der Waals surface area contributed by atoms with Crippen molar-refractivity contribution in [2.75, 3.05) is 13.2 Å². The summed E-state index contributed by atoms with van der Waals surface area (Å²) in [4.78, 5) is 0. The molecular formula is C14H28O2. The molecule has 0 aromatic carbocycles. The molecule has 1 aliphatic carbocycles. The molecule has 2 nitrogen and oxygen atoms in total. The summed E-state index contributed by atoms with van der Waals surface area (Å²) in [6.07, 6.45) is 7.40. The highest BCUT2D eigenvalue weighted by molar-refractivity contribution is 4.76. The molecule has 0 amide bonds. The number of aliphatic hydroxyl groups is 2. The Morgan fingerprint density at radius 2 is 1.62 bits per heavy atom. The van der Waals surface area contributed by atoms with Crippen LogP contribution in [0.5, 0.6) is 0 Å². The van der Waals surface area contributed by atoms with E-state index in [9.17, 15) is 0 Å². The molecule has 0 radical (unpaired) electrons. The van der Waals surface area contributed by atoms with Crippen LogP contribution >= 0.6 is 0 Å². The summed E-state index contributed by atoms with van der Waals surface area (Å²) in [5, 5.41) is 18.1. The van der Waals surface area contributed by atoms with Crippen molar-refractivity contribution in [1.29, 1.82) is 0 Å². The zero-order valence-corrected chi connectivity index (χ0v) is 10.9. The van der Waals surface area contributed by atoms with Crippen LogP contribution in [0.1, 0.15) is 52.4 Å². The van der Waals surface area contributed by atoms with Crippen molar-refractivity contribution in [3.63, 3.8) is 0 Å². The average Bonchev–Trinajstić information content (AvgIpc) is 2.35. The molecule has 0 aromatic heterocycles. The van der Waals surface area contributed by atoms with Gasteiger partial charge in [0.25, 0.3) is 0 Å². The van der Waals surface area contributed by atoms with E-state index in [1.165, 1.54) is 32.1 Å². The lowest BCUT2D eigenvalue weighted by atomic mass is 9.75. The first kappa shape index (κ1) is 14.0. The minimum absolute atomic E-state index is 0.323. The zero-order chi connectivity index (χ0) is 12.0. The molecule has 2 atom stereocenters. The normalized spacial score (nSPS) is 30.0. The predicted octanol–water partition coefficient (Wildman–Crippen LogP) is 2.83. The summed E-state index contributed by atoms with van der Waals surface area (Å²) in [5.41, 5.74) is 0. The van der Waals surface area contributed by atoms with Gasteiger partial charge in [0.05, 0.1) is 0 Å². The topological polar surface area (TPSA) is 40.5 Å². The zero-order valence-electron chi connectivity index (χ0n) is 10.9. The van der Waals surface area contributed by atoms with Gasteiger partial charge in [-0.1, -0.05) is 20.3 Å². The number of hydrogen-bond donors (Lipinski definition) is 2. The van der Waals surface area contributed by atoms with E-state index in [-0.39, 0.29) is 0 Å². The first-order chi connectivity index (χ1) is 7.67. The molecule has 1 saturated carbocycles. The fourth-order valence-electron chi connectivity index (χ4n) is 2.81. The Bertz CT molecular complexity index is 174. The summed E-state index contributed by atoms with van der Waals surface area (Å²) in [7, 11) is 0. The van der Waals surface area contributed by atoms with Crippen LogP contribution in [-0.4, -0.2) is 23.4 Å². The fourth-order valence-corrected chi connectivity index (χ4v) is 2.81. The van der Waals surface area contributed by atoms with Crippen molar-refractivity contribution in [2.45, 2.75) is 52.4 Å². The molecule has 0 aliphatic heterocycles. The highest BCUT2D eigenvalue weighted by atomic mass is 16.3. The molecule has 0 spiro atoms. The van der Waals surface area contributed by atoms with Crippen LogP contribution in [0.15, 0.2) is 0 Å². The van der Waals surface area contributed by atoms with E-state index in [0.29, 0.717) is 25.0 Å². The van der Waals surface area contributed by atoms with Gasteiger partial charge < -0.3 is 10.2 Å². The largest absolute Gasteiger partial charge is 0.396 e. The van der Waals surface area contributed by atoms with E-state index in [1.807, 2.05) is 0 Å². The lowest BCUT2D eigenvalue weighted by Gasteiger charge is -2.32. The van der Waals surface area contributed by atoms with Crippen molar-refractivity contribution < 1.29 is 10.2 Å². The van der Waals surface area contributed by atoms with Gasteiger partial charge in [-0.25, -0.2) is 0 Å². The average molecular weight is 228 g/mol. The number of hydrogen-bond acceptors (Lipinski definition) is 2. The van der Waals surface area contributed by atoms with Crippen LogP contribution in [0.2, 0.25) is 0 Å². The monoisotopic (exact) mass is 228 g/mol. The lowest BCUT2D eigenvalue weighted by molar-refractivity contribution is 0.139. The van der Waals surface area contributed by atoms with Crippen molar-refractivity contribution >= 4 is 0 Å². The summed E-state index contributed by atoms with van der Waals surface area (Å²) in [6.45, 7) is 5.18. The Hall–Kier alpha value is -0.0800. The molecule has 0 saturated heterocycles. The Labute approximate surface area is 100 Å². The third kappa shape index (κ3) is 4.42. The summed E-state index contributed by atoms with van der Waals surface area (Å²) in [6, 6.07) is 0. The van der Waals surface area contributed by atoms with Crippen LogP contribution in [-0.2, 0) is 0 Å². The van der Waals surface area contributed by atoms with Gasteiger partial charge >= 0.3 is 0 Å². The second-order valence-corrected chi connectivity index (χ2v) is 5.81. The first-order valence-electron chi connectivity index (χ1n) is 6.89. The van der Waals surface area contributed by atoms with Gasteiger partial charge in [-0.05, 0) is 55.8 Å². The van der Waals surface area contributed by atoms with E-state index in [2.05, 4.69) is 13.8 Å². The van der Waals surface area contributed by atoms with Gasteiger partial charge in [0.2, 0.25) is 0 Å². The number of rotatable bonds is 6. The van der Waals surface area contributed by atoms with Crippen LogP contribution in [0.25, 0.3) is 0 Å². The third-order valence-electron chi connectivity index (χ3n) is 4.38. The molecule has 1 fully saturated rings. The highest BCUT2D eigenvalue weighted by Gasteiger charge is 2.24. The Morgan fingerprint density at radius 1 is 1.00 bits per heavy atom. The standard InChI is InChI=1S/C14H28O2/c1-11(9-15)3-4-12(2)14-7-5-13(10-16)6-8-14/h11-16H,3-10H2,1-2H3. The second-order valence-electron chi connectivity index (χ2n) is 5.81. The molecule has 1 rings (SSSR count). The van der Waals surface area contributed by atoms with Crippen molar-refractivity contribution in [3.05, 3.63) is 0 Å². The van der Waals surface area contributed by atoms with Gasteiger partial charge in [0.1, 0.15) is 0 Å². The molecule has 96 valence electrons. The molecule has 2 unspecified atom stereocenters. The Morgan fingerprint density at radius 3 is 2.12 bits per heavy atom. The van der Waals surface area contributed by atoms with E-state index >= 15 is 0 Å². The van der Waals surface area contributed by atoms with Gasteiger partial charge in [-0.15, -0.1) is 0 Å². The van der Waals surface area contributed by atoms with Crippen LogP contribution in [0.3, 0.4) is 0 Å². The second kappa shape index (κ2) is 7.29. The molecule has 2 heteroatoms. The fraction of sp³-hybridized carbons (Fsp3) is 1.00. The van der Waals surface area contributed by atoms with Crippen LogP contribution in [0.4, 0.5) is 0 Å². The first-order valence-corrected chi connectivity index (χ1v) is 6.89. The summed E-state index contributed by atoms with van der Waals surface area (Å²) in [5.74, 6) is 2.67. The van der Waals surface area contributed by atoms with Gasteiger partial charge in [-0.3, -0.25) is 0 Å². The summed E-state index contributed by atoms with van der Waals surface area (Å²) < 4.78 is 0. The van der Waals surface area contributed by atoms with E-state index < -0.39 is 0 Å². The molecule has 16 heavy (non-hydrogen) atoms. The smallest absolute Gasteiger partial charge is 0.0459 e. The predicted molar refractivity (Wildman–Crippen MR) is 67.2 cm³/mol. The lowest BCUT2D eigenvalue weighted by Crippen LogP contribution is -2.22. The SMILES string of the molecule is CC(CO)CCC(C)C1CCC(CO)CC1. The van der Waals surface area contributed by atoms with Gasteiger partial charge in [0.15, 0.2) is 0 Å².